The quantitative estimate of drug-likeness (QED) is 0.213. The van der Waals surface area contributed by atoms with E-state index in [2.05, 4.69) is 13.8 Å². The van der Waals surface area contributed by atoms with Gasteiger partial charge in [-0.3, -0.25) is 10.1 Å². The number of benzene rings is 1. The molecule has 0 radical (unpaired) electrons. The van der Waals surface area contributed by atoms with Crippen LogP contribution in [0.5, 0.6) is 11.5 Å². The third kappa shape index (κ3) is 7.60. The summed E-state index contributed by atoms with van der Waals surface area (Å²) in [6.45, 7) is 7.96. The van der Waals surface area contributed by atoms with Crippen molar-refractivity contribution in [3.05, 3.63) is 27.8 Å². The van der Waals surface area contributed by atoms with E-state index in [1.165, 1.54) is 6.07 Å². The monoisotopic (exact) mass is 436 g/mol. The number of hydrogen-bond acceptors (Lipinski definition) is 6. The van der Waals surface area contributed by atoms with E-state index in [1.54, 1.807) is 17.9 Å². The average Bonchev–Trinajstić information content (AvgIpc) is 2.76. The van der Waals surface area contributed by atoms with Crippen LogP contribution in [0, 0.1) is 10.1 Å². The zero-order valence-electron chi connectivity index (χ0n) is 19.1. The minimum absolute atomic E-state index is 0.137. The van der Waals surface area contributed by atoms with E-state index in [9.17, 15) is 14.9 Å². The molecule has 1 aromatic rings. The number of hydrogen-bond donors (Lipinski definition) is 0. The lowest BCUT2D eigenvalue weighted by Gasteiger charge is -2.25. The first kappa shape index (κ1) is 24.8. The minimum Gasteiger partial charge on any atom is -0.486 e. The second-order valence-corrected chi connectivity index (χ2v) is 7.95. The summed E-state index contributed by atoms with van der Waals surface area (Å²) < 4.78 is 16.7. The molecule has 1 aliphatic rings. The third-order valence-corrected chi connectivity index (χ3v) is 5.43. The van der Waals surface area contributed by atoms with Crippen molar-refractivity contribution < 1.29 is 23.9 Å². The lowest BCUT2D eigenvalue weighted by Crippen LogP contribution is -2.34. The summed E-state index contributed by atoms with van der Waals surface area (Å²) in [5, 5.41) is 11.6. The fraction of sp³-hybridized carbons (Fsp3) is 0.696. The number of unbranched alkanes of at least 4 members (excludes halogenated alkanes) is 6. The standard InChI is InChI=1S/C23H36N2O6/c1-4-6-8-10-12-24(13-11-9-7-5-2)23(26)31-18(3)19-16-21-22(30-15-14-29-21)17-20(19)25(27)28/h16-18H,4-15H2,1-3H3. The molecule has 0 saturated carbocycles. The van der Waals surface area contributed by atoms with E-state index < -0.39 is 17.1 Å². The van der Waals surface area contributed by atoms with Gasteiger partial charge in [0, 0.05) is 13.1 Å². The van der Waals surface area contributed by atoms with Crippen LogP contribution in [-0.4, -0.2) is 42.2 Å². The van der Waals surface area contributed by atoms with Gasteiger partial charge < -0.3 is 19.1 Å². The lowest BCUT2D eigenvalue weighted by molar-refractivity contribution is -0.386. The largest absolute Gasteiger partial charge is 0.486 e. The fourth-order valence-corrected chi connectivity index (χ4v) is 3.62. The maximum Gasteiger partial charge on any atom is 0.410 e. The number of rotatable bonds is 13. The van der Waals surface area contributed by atoms with E-state index in [4.69, 9.17) is 14.2 Å². The Morgan fingerprint density at radius 1 is 1.03 bits per heavy atom. The Labute approximate surface area is 185 Å². The molecule has 1 atom stereocenters. The Hall–Kier alpha value is -2.51. The highest BCUT2D eigenvalue weighted by atomic mass is 16.6. The second kappa shape index (κ2) is 13.0. The number of carbonyl (C=O) groups is 1. The van der Waals surface area contributed by atoms with Crippen LogP contribution in [0.1, 0.15) is 83.8 Å². The summed E-state index contributed by atoms with van der Waals surface area (Å²) in [5.41, 5.74) is 0.168. The van der Waals surface area contributed by atoms with Crippen molar-refractivity contribution in [1.82, 2.24) is 4.90 Å². The van der Waals surface area contributed by atoms with Gasteiger partial charge in [-0.15, -0.1) is 0 Å². The smallest absolute Gasteiger partial charge is 0.410 e. The van der Waals surface area contributed by atoms with Gasteiger partial charge >= 0.3 is 6.09 Å². The highest BCUT2D eigenvalue weighted by Crippen LogP contribution is 2.39. The number of nitro benzene ring substituents is 1. The van der Waals surface area contributed by atoms with Gasteiger partial charge in [0.05, 0.1) is 16.6 Å². The van der Waals surface area contributed by atoms with E-state index in [-0.39, 0.29) is 5.69 Å². The Morgan fingerprint density at radius 2 is 1.58 bits per heavy atom. The summed E-state index contributed by atoms with van der Waals surface area (Å²) in [4.78, 5) is 25.8. The molecule has 0 aliphatic carbocycles. The third-order valence-electron chi connectivity index (χ3n) is 5.43. The second-order valence-electron chi connectivity index (χ2n) is 7.95. The summed E-state index contributed by atoms with van der Waals surface area (Å²) in [5.74, 6) is 0.777. The molecular weight excluding hydrogens is 400 g/mol. The molecule has 2 rings (SSSR count). The van der Waals surface area contributed by atoms with Gasteiger partial charge in [-0.05, 0) is 25.8 Å². The number of fused-ring (bicyclic) bond motifs is 1. The molecule has 0 saturated heterocycles. The zero-order valence-corrected chi connectivity index (χ0v) is 19.1. The van der Waals surface area contributed by atoms with Crippen LogP contribution < -0.4 is 9.47 Å². The molecule has 1 aromatic carbocycles. The van der Waals surface area contributed by atoms with E-state index in [0.717, 1.165) is 51.4 Å². The van der Waals surface area contributed by atoms with Crippen LogP contribution in [0.4, 0.5) is 10.5 Å². The molecule has 0 bridgehead atoms. The molecule has 1 amide bonds. The Kier molecular flexibility index (Phi) is 10.4. The Balaban J connectivity index is 2.09. The van der Waals surface area contributed by atoms with Crippen LogP contribution in [0.3, 0.4) is 0 Å². The molecule has 8 heteroatoms. The van der Waals surface area contributed by atoms with E-state index in [1.807, 2.05) is 0 Å². The highest BCUT2D eigenvalue weighted by Gasteiger charge is 2.28. The molecule has 0 aromatic heterocycles. The summed E-state index contributed by atoms with van der Waals surface area (Å²) in [6, 6.07) is 2.90. The summed E-state index contributed by atoms with van der Waals surface area (Å²) in [7, 11) is 0. The van der Waals surface area contributed by atoms with Crippen molar-refractivity contribution in [1.29, 1.82) is 0 Å². The van der Waals surface area contributed by atoms with Gasteiger partial charge in [-0.2, -0.15) is 0 Å². The molecule has 174 valence electrons. The van der Waals surface area contributed by atoms with Gasteiger partial charge in [0.1, 0.15) is 19.3 Å². The van der Waals surface area contributed by atoms with Gasteiger partial charge in [-0.25, -0.2) is 4.79 Å². The molecule has 31 heavy (non-hydrogen) atoms. The van der Waals surface area contributed by atoms with Crippen molar-refractivity contribution in [3.8, 4) is 11.5 Å². The molecule has 8 nitrogen and oxygen atoms in total. The number of amides is 1. The van der Waals surface area contributed by atoms with Crippen LogP contribution >= 0.6 is 0 Å². The first-order valence-corrected chi connectivity index (χ1v) is 11.5. The number of carbonyl (C=O) groups excluding carboxylic acids is 1. The number of nitro groups is 1. The van der Waals surface area contributed by atoms with Gasteiger partial charge in [0.15, 0.2) is 11.5 Å². The van der Waals surface area contributed by atoms with Crippen LogP contribution in [0.25, 0.3) is 0 Å². The zero-order chi connectivity index (χ0) is 22.6. The predicted octanol–water partition coefficient (Wildman–Crippen LogP) is 6.03. The number of ether oxygens (including phenoxy) is 3. The Morgan fingerprint density at radius 3 is 2.10 bits per heavy atom. The van der Waals surface area contributed by atoms with Crippen molar-refractivity contribution in [2.24, 2.45) is 0 Å². The van der Waals surface area contributed by atoms with Crippen LogP contribution in [-0.2, 0) is 4.74 Å². The van der Waals surface area contributed by atoms with Gasteiger partial charge in [-0.1, -0.05) is 52.4 Å². The first-order valence-electron chi connectivity index (χ1n) is 11.5. The van der Waals surface area contributed by atoms with Gasteiger partial charge in [0.25, 0.3) is 5.69 Å². The summed E-state index contributed by atoms with van der Waals surface area (Å²) in [6.07, 6.45) is 7.32. The van der Waals surface area contributed by atoms with Crippen molar-refractivity contribution >= 4 is 11.8 Å². The maximum absolute atomic E-state index is 12.9. The molecule has 0 spiro atoms. The summed E-state index contributed by atoms with van der Waals surface area (Å²) >= 11 is 0. The Bertz CT molecular complexity index is 712. The van der Waals surface area contributed by atoms with Crippen molar-refractivity contribution in [2.75, 3.05) is 26.3 Å². The van der Waals surface area contributed by atoms with Gasteiger partial charge in [0.2, 0.25) is 0 Å². The molecule has 1 aliphatic heterocycles. The average molecular weight is 437 g/mol. The van der Waals surface area contributed by atoms with Crippen molar-refractivity contribution in [2.45, 2.75) is 78.2 Å². The topological polar surface area (TPSA) is 91.1 Å². The SMILES string of the molecule is CCCCCCN(CCCCCC)C(=O)OC(C)c1cc2c(cc1[N+](=O)[O-])OCCO2. The molecule has 1 unspecified atom stereocenters. The fourth-order valence-electron chi connectivity index (χ4n) is 3.62. The predicted molar refractivity (Wildman–Crippen MR) is 119 cm³/mol. The highest BCUT2D eigenvalue weighted by molar-refractivity contribution is 5.68. The van der Waals surface area contributed by atoms with Crippen molar-refractivity contribution in [3.63, 3.8) is 0 Å². The van der Waals surface area contributed by atoms with Crippen LogP contribution in [0.15, 0.2) is 12.1 Å². The molecule has 1 heterocycles. The van der Waals surface area contributed by atoms with E-state index >= 15 is 0 Å². The number of nitrogens with zero attached hydrogens (tertiary/aromatic N) is 2. The lowest BCUT2D eigenvalue weighted by atomic mass is 10.1. The first-order chi connectivity index (χ1) is 15.0. The molecular formula is C23H36N2O6. The maximum atomic E-state index is 12.9. The normalized spacial score (nSPS) is 13.5. The van der Waals surface area contributed by atoms with Crippen LogP contribution in [0.2, 0.25) is 0 Å². The molecule has 0 fully saturated rings. The van der Waals surface area contributed by atoms with E-state index in [0.29, 0.717) is 43.4 Å². The molecule has 0 N–H and O–H groups in total. The minimum atomic E-state index is -0.780.